The van der Waals surface area contributed by atoms with Gasteiger partial charge in [-0.15, -0.1) is 0 Å². The first-order chi connectivity index (χ1) is 9.22. The molecule has 116 valence electrons. The Bertz CT molecular complexity index is 434. The molecule has 0 aliphatic heterocycles. The van der Waals surface area contributed by atoms with E-state index in [-0.39, 0.29) is 5.41 Å². The molecule has 0 saturated carbocycles. The molecule has 0 aliphatic rings. The second kappa shape index (κ2) is 6.86. The quantitative estimate of drug-likeness (QED) is 0.802. The van der Waals surface area contributed by atoms with Crippen LogP contribution in [0.3, 0.4) is 0 Å². The van der Waals surface area contributed by atoms with Crippen LogP contribution in [0.15, 0.2) is 18.2 Å². The summed E-state index contributed by atoms with van der Waals surface area (Å²) in [5.74, 6) is 0.633. The Morgan fingerprint density at radius 3 is 2.10 bits per heavy atom. The SMILES string of the molecule is CCO[PH](O)(OCC)Oc1cc(C)ccc1C(C)(C)C. The van der Waals surface area contributed by atoms with Crippen LogP contribution in [0.1, 0.15) is 45.7 Å². The Hall–Kier alpha value is -0.670. The predicted molar refractivity (Wildman–Crippen MR) is 84.3 cm³/mol. The molecule has 0 bridgehead atoms. The van der Waals surface area contributed by atoms with E-state index in [9.17, 15) is 4.89 Å². The van der Waals surface area contributed by atoms with Crippen molar-refractivity contribution in [3.63, 3.8) is 0 Å². The molecule has 1 N–H and O–H groups in total. The van der Waals surface area contributed by atoms with Crippen LogP contribution in [0.2, 0.25) is 0 Å². The van der Waals surface area contributed by atoms with Crippen LogP contribution in [0.25, 0.3) is 0 Å². The molecule has 5 heteroatoms. The average Bonchev–Trinajstić information content (AvgIpc) is 2.27. The van der Waals surface area contributed by atoms with Gasteiger partial charge in [-0.3, -0.25) is 0 Å². The molecule has 0 atom stereocenters. The van der Waals surface area contributed by atoms with E-state index < -0.39 is 8.17 Å². The second-order valence-corrected chi connectivity index (χ2v) is 7.57. The summed E-state index contributed by atoms with van der Waals surface area (Å²) in [5, 5.41) is 0. The van der Waals surface area contributed by atoms with Crippen molar-refractivity contribution in [1.29, 1.82) is 0 Å². The van der Waals surface area contributed by atoms with Crippen molar-refractivity contribution in [1.82, 2.24) is 0 Å². The molecular weight excluding hydrogens is 275 g/mol. The predicted octanol–water partition coefficient (Wildman–Crippen LogP) is 4.15. The van der Waals surface area contributed by atoms with Crippen molar-refractivity contribution in [3.05, 3.63) is 29.3 Å². The van der Waals surface area contributed by atoms with Gasteiger partial charge in [0.25, 0.3) is 0 Å². The first kappa shape index (κ1) is 17.4. The summed E-state index contributed by atoms with van der Waals surface area (Å²) in [4.78, 5) is 10.4. The van der Waals surface area contributed by atoms with Crippen molar-refractivity contribution in [2.24, 2.45) is 0 Å². The molecular formula is C15H27O4P. The minimum absolute atomic E-state index is 0.0865. The van der Waals surface area contributed by atoms with Gasteiger partial charge >= 0.3 is 122 Å². The van der Waals surface area contributed by atoms with Gasteiger partial charge in [-0.1, -0.05) is 0 Å². The fraction of sp³-hybridized carbons (Fsp3) is 0.600. The van der Waals surface area contributed by atoms with Gasteiger partial charge in [0.15, 0.2) is 0 Å². The third-order valence-electron chi connectivity index (χ3n) is 2.84. The van der Waals surface area contributed by atoms with Crippen molar-refractivity contribution in [2.45, 2.75) is 47.0 Å². The van der Waals surface area contributed by atoms with E-state index in [2.05, 4.69) is 20.8 Å². The van der Waals surface area contributed by atoms with E-state index in [1.165, 1.54) is 0 Å². The van der Waals surface area contributed by atoms with Gasteiger partial charge in [0.05, 0.1) is 0 Å². The van der Waals surface area contributed by atoms with Gasteiger partial charge in [-0.25, -0.2) is 0 Å². The van der Waals surface area contributed by atoms with Crippen molar-refractivity contribution in [3.8, 4) is 5.75 Å². The normalized spacial score (nSPS) is 13.3. The zero-order valence-electron chi connectivity index (χ0n) is 13.3. The van der Waals surface area contributed by atoms with E-state index in [4.69, 9.17) is 13.6 Å². The summed E-state index contributed by atoms with van der Waals surface area (Å²) in [6.07, 6.45) is 0. The summed E-state index contributed by atoms with van der Waals surface area (Å²) < 4.78 is 16.4. The Balaban J connectivity index is 3.14. The van der Waals surface area contributed by atoms with E-state index in [0.29, 0.717) is 19.0 Å². The number of hydrogen-bond acceptors (Lipinski definition) is 4. The molecule has 0 fully saturated rings. The Morgan fingerprint density at radius 2 is 1.65 bits per heavy atom. The molecule has 0 unspecified atom stereocenters. The van der Waals surface area contributed by atoms with E-state index in [0.717, 1.165) is 11.1 Å². The third kappa shape index (κ3) is 4.71. The van der Waals surface area contributed by atoms with Gasteiger partial charge in [0.1, 0.15) is 0 Å². The first-order valence-electron chi connectivity index (χ1n) is 7.02. The van der Waals surface area contributed by atoms with Gasteiger partial charge in [0, 0.05) is 0 Å². The molecule has 0 radical (unpaired) electrons. The minimum atomic E-state index is -3.62. The first-order valence-corrected chi connectivity index (χ1v) is 8.69. The molecule has 0 aromatic heterocycles. The molecule has 1 aromatic carbocycles. The number of rotatable bonds is 6. The standard InChI is InChI=1S/C15H27O4P/c1-7-17-20(16,18-8-2)19-14-11-12(3)9-10-13(14)15(4,5)6/h9-11,16,20H,7-8H2,1-6H3. The zero-order chi connectivity index (χ0) is 15.4. The van der Waals surface area contributed by atoms with Gasteiger partial charge in [-0.05, 0) is 0 Å². The Morgan fingerprint density at radius 1 is 1.10 bits per heavy atom. The van der Waals surface area contributed by atoms with Crippen LogP contribution in [0.5, 0.6) is 5.75 Å². The topological polar surface area (TPSA) is 47.9 Å². The molecule has 4 nitrogen and oxygen atoms in total. The average molecular weight is 302 g/mol. The summed E-state index contributed by atoms with van der Waals surface area (Å²) in [6, 6.07) is 5.98. The zero-order valence-corrected chi connectivity index (χ0v) is 14.3. The fourth-order valence-electron chi connectivity index (χ4n) is 1.94. The summed E-state index contributed by atoms with van der Waals surface area (Å²) in [5.41, 5.74) is 2.00. The van der Waals surface area contributed by atoms with Gasteiger partial charge in [0.2, 0.25) is 0 Å². The van der Waals surface area contributed by atoms with Crippen molar-refractivity contribution < 1.29 is 18.5 Å². The van der Waals surface area contributed by atoms with E-state index >= 15 is 0 Å². The van der Waals surface area contributed by atoms with Crippen LogP contribution in [-0.4, -0.2) is 18.1 Å². The van der Waals surface area contributed by atoms with Crippen LogP contribution in [0.4, 0.5) is 0 Å². The van der Waals surface area contributed by atoms with Gasteiger partial charge < -0.3 is 0 Å². The Labute approximate surface area is 122 Å². The number of benzene rings is 1. The van der Waals surface area contributed by atoms with E-state index in [1.54, 1.807) is 13.8 Å². The van der Waals surface area contributed by atoms with Crippen molar-refractivity contribution >= 4 is 8.17 Å². The van der Waals surface area contributed by atoms with Gasteiger partial charge in [-0.2, -0.15) is 0 Å². The molecule has 0 spiro atoms. The summed E-state index contributed by atoms with van der Waals surface area (Å²) >= 11 is 0. The molecule has 0 aliphatic carbocycles. The maximum atomic E-state index is 10.4. The monoisotopic (exact) mass is 302 g/mol. The number of hydrogen-bond donors (Lipinski definition) is 1. The molecule has 1 rings (SSSR count). The second-order valence-electron chi connectivity index (χ2n) is 5.74. The van der Waals surface area contributed by atoms with E-state index in [1.807, 2.05) is 25.1 Å². The van der Waals surface area contributed by atoms with Crippen LogP contribution in [0, 0.1) is 6.92 Å². The molecule has 1 aromatic rings. The summed E-state index contributed by atoms with van der Waals surface area (Å²) in [6.45, 7) is 12.6. The maximum absolute atomic E-state index is 10.4. The Kier molecular flexibility index (Phi) is 5.96. The molecule has 0 amide bonds. The van der Waals surface area contributed by atoms with Crippen LogP contribution in [-0.2, 0) is 14.5 Å². The van der Waals surface area contributed by atoms with Crippen LogP contribution < -0.4 is 4.52 Å². The summed E-state index contributed by atoms with van der Waals surface area (Å²) in [7, 11) is -3.62. The van der Waals surface area contributed by atoms with Crippen LogP contribution >= 0.6 is 8.17 Å². The molecule has 0 saturated heterocycles. The fourth-order valence-corrected chi connectivity index (χ4v) is 3.32. The number of aryl methyl sites for hydroxylation is 1. The molecule has 0 heterocycles. The van der Waals surface area contributed by atoms with Crippen molar-refractivity contribution in [2.75, 3.05) is 13.2 Å². The molecule has 20 heavy (non-hydrogen) atoms. The third-order valence-corrected chi connectivity index (χ3v) is 4.62.